The standard InChI is InChI=1S/C13H16FN3O3/c1-16(9-2-3-9)7-6-15-13(18)11-8-10(17(19)20)4-5-12(11)14/h4-5,8-9H,2-3,6-7H2,1H3,(H,15,18). The molecular weight excluding hydrogens is 265 g/mol. The van der Waals surface area contributed by atoms with Crippen molar-refractivity contribution in [1.29, 1.82) is 0 Å². The molecule has 0 aromatic heterocycles. The fourth-order valence-corrected chi connectivity index (χ4v) is 1.94. The molecule has 6 nitrogen and oxygen atoms in total. The fraction of sp³-hybridized carbons (Fsp3) is 0.462. The molecule has 0 atom stereocenters. The molecule has 1 aliphatic rings. The Bertz CT molecular complexity index is 532. The number of nitro benzene ring substituents is 1. The van der Waals surface area contributed by atoms with Gasteiger partial charge in [0.1, 0.15) is 5.82 Å². The quantitative estimate of drug-likeness (QED) is 0.634. The molecule has 1 amide bonds. The Morgan fingerprint density at radius 2 is 2.25 bits per heavy atom. The van der Waals surface area contributed by atoms with E-state index in [0.29, 0.717) is 19.1 Å². The lowest BCUT2D eigenvalue weighted by Gasteiger charge is -2.15. The molecule has 1 N–H and O–H groups in total. The van der Waals surface area contributed by atoms with E-state index in [1.165, 1.54) is 12.8 Å². The molecule has 0 aliphatic heterocycles. The van der Waals surface area contributed by atoms with E-state index < -0.39 is 16.6 Å². The van der Waals surface area contributed by atoms with E-state index in [0.717, 1.165) is 18.2 Å². The van der Waals surface area contributed by atoms with Gasteiger partial charge in [-0.05, 0) is 26.0 Å². The number of hydrogen-bond donors (Lipinski definition) is 1. The second kappa shape index (κ2) is 5.96. The van der Waals surface area contributed by atoms with Crippen LogP contribution in [0.2, 0.25) is 0 Å². The second-order valence-electron chi connectivity index (χ2n) is 4.89. The van der Waals surface area contributed by atoms with E-state index in [1.54, 1.807) is 0 Å². The molecule has 1 aliphatic carbocycles. The van der Waals surface area contributed by atoms with Gasteiger partial charge < -0.3 is 10.2 Å². The van der Waals surface area contributed by atoms with Crippen molar-refractivity contribution in [1.82, 2.24) is 10.2 Å². The number of likely N-dealkylation sites (N-methyl/N-ethyl adjacent to an activating group) is 1. The van der Waals surface area contributed by atoms with Gasteiger partial charge >= 0.3 is 0 Å². The number of carbonyl (C=O) groups is 1. The van der Waals surface area contributed by atoms with Crippen molar-refractivity contribution in [3.63, 3.8) is 0 Å². The smallest absolute Gasteiger partial charge is 0.270 e. The van der Waals surface area contributed by atoms with Crippen LogP contribution in [0.15, 0.2) is 18.2 Å². The van der Waals surface area contributed by atoms with E-state index in [2.05, 4.69) is 10.2 Å². The summed E-state index contributed by atoms with van der Waals surface area (Å²) in [7, 11) is 1.97. The number of nitrogens with zero attached hydrogens (tertiary/aromatic N) is 2. The zero-order valence-electron chi connectivity index (χ0n) is 11.1. The molecular formula is C13H16FN3O3. The Morgan fingerprint density at radius 1 is 1.55 bits per heavy atom. The van der Waals surface area contributed by atoms with Crippen molar-refractivity contribution in [3.8, 4) is 0 Å². The first-order valence-corrected chi connectivity index (χ1v) is 6.41. The van der Waals surface area contributed by atoms with Gasteiger partial charge in [0.2, 0.25) is 0 Å². The molecule has 7 heteroatoms. The number of amides is 1. The number of carbonyl (C=O) groups excluding carboxylic acids is 1. The predicted octanol–water partition coefficient (Wildman–Crippen LogP) is 1.56. The summed E-state index contributed by atoms with van der Waals surface area (Å²) in [4.78, 5) is 23.9. The van der Waals surface area contributed by atoms with E-state index >= 15 is 0 Å². The van der Waals surface area contributed by atoms with E-state index in [-0.39, 0.29) is 11.3 Å². The van der Waals surface area contributed by atoms with Gasteiger partial charge in [-0.15, -0.1) is 0 Å². The summed E-state index contributed by atoms with van der Waals surface area (Å²) in [5, 5.41) is 13.2. The van der Waals surface area contributed by atoms with Crippen LogP contribution in [0, 0.1) is 15.9 Å². The van der Waals surface area contributed by atoms with Crippen LogP contribution in [0.5, 0.6) is 0 Å². The average Bonchev–Trinajstić information content (AvgIpc) is 3.22. The largest absolute Gasteiger partial charge is 0.351 e. The topological polar surface area (TPSA) is 75.5 Å². The molecule has 0 radical (unpaired) electrons. The SMILES string of the molecule is CN(CCNC(=O)c1cc([N+](=O)[O-])ccc1F)C1CC1. The highest BCUT2D eigenvalue weighted by Gasteiger charge is 2.25. The Morgan fingerprint density at radius 3 is 2.85 bits per heavy atom. The van der Waals surface area contributed by atoms with Crippen molar-refractivity contribution < 1.29 is 14.1 Å². The van der Waals surface area contributed by atoms with Gasteiger partial charge in [0.15, 0.2) is 0 Å². The minimum absolute atomic E-state index is 0.298. The summed E-state index contributed by atoms with van der Waals surface area (Å²) >= 11 is 0. The minimum Gasteiger partial charge on any atom is -0.351 e. The van der Waals surface area contributed by atoms with Crippen molar-refractivity contribution in [2.75, 3.05) is 20.1 Å². The lowest BCUT2D eigenvalue weighted by molar-refractivity contribution is -0.384. The molecule has 1 aromatic carbocycles. The second-order valence-corrected chi connectivity index (χ2v) is 4.89. The van der Waals surface area contributed by atoms with Gasteiger partial charge in [-0.1, -0.05) is 0 Å². The summed E-state index contributed by atoms with van der Waals surface area (Å²) < 4.78 is 13.5. The van der Waals surface area contributed by atoms with Crippen molar-refractivity contribution in [2.24, 2.45) is 0 Å². The van der Waals surface area contributed by atoms with Gasteiger partial charge in [-0.2, -0.15) is 0 Å². The normalized spacial score (nSPS) is 14.3. The Labute approximate surface area is 115 Å². The summed E-state index contributed by atoms with van der Waals surface area (Å²) in [6.45, 7) is 1.06. The Kier molecular flexibility index (Phi) is 4.29. The van der Waals surface area contributed by atoms with E-state index in [9.17, 15) is 19.3 Å². The van der Waals surface area contributed by atoms with Gasteiger partial charge in [0.05, 0.1) is 10.5 Å². The van der Waals surface area contributed by atoms with Crippen LogP contribution in [0.3, 0.4) is 0 Å². The minimum atomic E-state index is -0.761. The molecule has 1 aromatic rings. The van der Waals surface area contributed by atoms with Crippen LogP contribution in [-0.4, -0.2) is 41.9 Å². The Hall–Kier alpha value is -2.02. The third-order valence-electron chi connectivity index (χ3n) is 3.33. The molecule has 0 bridgehead atoms. The zero-order chi connectivity index (χ0) is 14.7. The van der Waals surface area contributed by atoms with Crippen LogP contribution in [-0.2, 0) is 0 Å². The zero-order valence-corrected chi connectivity index (χ0v) is 11.1. The number of nitro groups is 1. The molecule has 1 fully saturated rings. The number of benzene rings is 1. The molecule has 20 heavy (non-hydrogen) atoms. The first-order valence-electron chi connectivity index (χ1n) is 6.41. The van der Waals surface area contributed by atoms with Gasteiger partial charge in [0.25, 0.3) is 11.6 Å². The van der Waals surface area contributed by atoms with E-state index in [1.807, 2.05) is 7.05 Å². The first kappa shape index (κ1) is 14.4. The summed E-state index contributed by atoms with van der Waals surface area (Å²) in [6.07, 6.45) is 2.34. The number of nitrogens with one attached hydrogen (secondary N) is 1. The molecule has 0 heterocycles. The molecule has 2 rings (SSSR count). The van der Waals surface area contributed by atoms with E-state index in [4.69, 9.17) is 0 Å². The maximum absolute atomic E-state index is 13.5. The van der Waals surface area contributed by atoms with Crippen LogP contribution in [0.4, 0.5) is 10.1 Å². The highest BCUT2D eigenvalue weighted by Crippen LogP contribution is 2.24. The summed E-state index contributed by atoms with van der Waals surface area (Å²) in [5.41, 5.74) is -0.597. The monoisotopic (exact) mass is 281 g/mol. The van der Waals surface area contributed by atoms with Crippen molar-refractivity contribution in [3.05, 3.63) is 39.7 Å². The summed E-state index contributed by atoms with van der Waals surface area (Å²) in [6, 6.07) is 3.51. The molecule has 0 unspecified atom stereocenters. The number of halogens is 1. The lowest BCUT2D eigenvalue weighted by Crippen LogP contribution is -2.34. The van der Waals surface area contributed by atoms with Gasteiger partial charge in [-0.25, -0.2) is 4.39 Å². The first-order chi connectivity index (χ1) is 9.49. The van der Waals surface area contributed by atoms with Crippen LogP contribution in [0.25, 0.3) is 0 Å². The number of non-ortho nitro benzene ring substituents is 1. The Balaban J connectivity index is 1.93. The number of rotatable bonds is 6. The van der Waals surface area contributed by atoms with Gasteiger partial charge in [-0.3, -0.25) is 14.9 Å². The van der Waals surface area contributed by atoms with Crippen molar-refractivity contribution >= 4 is 11.6 Å². The highest BCUT2D eigenvalue weighted by atomic mass is 19.1. The lowest BCUT2D eigenvalue weighted by atomic mass is 10.1. The maximum Gasteiger partial charge on any atom is 0.270 e. The molecule has 0 spiro atoms. The third-order valence-corrected chi connectivity index (χ3v) is 3.33. The maximum atomic E-state index is 13.5. The van der Waals surface area contributed by atoms with Crippen molar-refractivity contribution in [2.45, 2.75) is 18.9 Å². The predicted molar refractivity (Wildman–Crippen MR) is 71.0 cm³/mol. The molecule has 0 saturated heterocycles. The third kappa shape index (κ3) is 3.51. The summed E-state index contributed by atoms with van der Waals surface area (Å²) in [5.74, 6) is -1.39. The fourth-order valence-electron chi connectivity index (χ4n) is 1.94. The molecule has 1 saturated carbocycles. The van der Waals surface area contributed by atoms with Crippen LogP contribution < -0.4 is 5.32 Å². The number of hydrogen-bond acceptors (Lipinski definition) is 4. The van der Waals surface area contributed by atoms with Gasteiger partial charge in [0, 0.05) is 31.3 Å². The highest BCUT2D eigenvalue weighted by molar-refractivity contribution is 5.95. The van der Waals surface area contributed by atoms with Crippen LogP contribution in [0.1, 0.15) is 23.2 Å². The average molecular weight is 281 g/mol. The molecule has 108 valence electrons. The van der Waals surface area contributed by atoms with Crippen LogP contribution >= 0.6 is 0 Å².